The van der Waals surface area contributed by atoms with Gasteiger partial charge in [-0.25, -0.2) is 4.98 Å². The van der Waals surface area contributed by atoms with Gasteiger partial charge in [-0.15, -0.1) is 0 Å². The minimum Gasteiger partial charge on any atom is -0.365 e. The van der Waals surface area contributed by atoms with Crippen molar-refractivity contribution < 1.29 is 4.79 Å². The smallest absolute Gasteiger partial charge is 0.252 e. The maximum atomic E-state index is 11.7. The maximum Gasteiger partial charge on any atom is 0.252 e. The molecular weight excluding hydrogens is 252 g/mol. The van der Waals surface area contributed by atoms with Gasteiger partial charge >= 0.3 is 0 Å². The summed E-state index contributed by atoms with van der Waals surface area (Å²) in [6, 6.07) is 10.4. The molecule has 0 atom stereocenters. The largest absolute Gasteiger partial charge is 0.365 e. The fraction of sp³-hybridized carbons (Fsp3) is 0.333. The summed E-state index contributed by atoms with van der Waals surface area (Å²) in [5.74, 6) is 0.265. The Hall–Kier alpha value is -2.14. The lowest BCUT2D eigenvalue weighted by atomic mass is 10.1. The number of likely N-dealkylation sites (N-methyl/N-ethyl adjacent to an activating group) is 1. The molecule has 2 aromatic rings. The summed E-state index contributed by atoms with van der Waals surface area (Å²) in [5, 5.41) is 0.888. The number of benzene rings is 1. The lowest BCUT2D eigenvalue weighted by Gasteiger charge is -2.34. The van der Waals surface area contributed by atoms with Gasteiger partial charge in [0.05, 0.1) is 11.1 Å². The number of nitrogens with two attached hydrogens (primary N) is 1. The molecule has 2 N–H and O–H groups in total. The molecule has 1 saturated heterocycles. The highest BCUT2D eigenvalue weighted by molar-refractivity contribution is 6.01. The molecule has 1 radical (unpaired) electrons. The Kier molecular flexibility index (Phi) is 3.28. The van der Waals surface area contributed by atoms with Crippen molar-refractivity contribution in [2.75, 3.05) is 38.1 Å². The van der Waals surface area contributed by atoms with Crippen LogP contribution in [0.4, 0.5) is 5.82 Å². The summed E-state index contributed by atoms with van der Waals surface area (Å²) in [5.41, 5.74) is 6.86. The maximum absolute atomic E-state index is 11.7. The van der Waals surface area contributed by atoms with Gasteiger partial charge in [0.2, 0.25) is 0 Å². The van der Waals surface area contributed by atoms with Crippen LogP contribution in [0.25, 0.3) is 10.9 Å². The van der Waals surface area contributed by atoms with E-state index < -0.39 is 5.91 Å². The van der Waals surface area contributed by atoms with Crippen LogP contribution in [0.15, 0.2) is 24.3 Å². The topological polar surface area (TPSA) is 62.5 Å². The number of carbonyl (C=O) groups is 1. The monoisotopic (exact) mass is 269 g/mol. The van der Waals surface area contributed by atoms with Crippen LogP contribution in [0.2, 0.25) is 0 Å². The molecule has 0 aliphatic carbocycles. The third-order valence-electron chi connectivity index (χ3n) is 3.71. The van der Waals surface area contributed by atoms with E-state index in [1.165, 1.54) is 0 Å². The van der Waals surface area contributed by atoms with Crippen LogP contribution in [0.5, 0.6) is 0 Å². The van der Waals surface area contributed by atoms with Crippen LogP contribution in [0.3, 0.4) is 0 Å². The first kappa shape index (κ1) is 12.9. The lowest BCUT2D eigenvalue weighted by molar-refractivity contribution is 0.100. The van der Waals surface area contributed by atoms with Crippen molar-refractivity contribution in [2.24, 2.45) is 5.73 Å². The van der Waals surface area contributed by atoms with E-state index in [4.69, 9.17) is 5.73 Å². The Morgan fingerprint density at radius 2 is 2.10 bits per heavy atom. The highest BCUT2D eigenvalue weighted by atomic mass is 16.1. The van der Waals surface area contributed by atoms with Crippen molar-refractivity contribution in [2.45, 2.75) is 0 Å². The van der Waals surface area contributed by atoms with E-state index >= 15 is 0 Å². The zero-order valence-electron chi connectivity index (χ0n) is 11.5. The zero-order chi connectivity index (χ0) is 14.1. The highest BCUT2D eigenvalue weighted by Crippen LogP contribution is 2.24. The Bertz CT molecular complexity index is 647. The second kappa shape index (κ2) is 5.09. The third kappa shape index (κ3) is 2.32. The summed E-state index contributed by atoms with van der Waals surface area (Å²) >= 11 is 0. The van der Waals surface area contributed by atoms with Crippen molar-refractivity contribution in [3.05, 3.63) is 35.9 Å². The van der Waals surface area contributed by atoms with Crippen molar-refractivity contribution in [3.63, 3.8) is 0 Å². The van der Waals surface area contributed by atoms with E-state index in [1.807, 2.05) is 24.3 Å². The van der Waals surface area contributed by atoms with Gasteiger partial charge in [0.1, 0.15) is 5.82 Å². The first-order chi connectivity index (χ1) is 9.65. The summed E-state index contributed by atoms with van der Waals surface area (Å²) in [6.07, 6.45) is 0. The molecule has 1 aromatic heterocycles. The molecule has 0 saturated carbocycles. The van der Waals surface area contributed by atoms with E-state index in [2.05, 4.69) is 27.9 Å². The van der Waals surface area contributed by atoms with Crippen molar-refractivity contribution >= 4 is 22.6 Å². The summed E-state index contributed by atoms with van der Waals surface area (Å²) < 4.78 is 0. The number of piperazine rings is 1. The number of amides is 1. The Morgan fingerprint density at radius 3 is 2.80 bits per heavy atom. The number of hydrogen-bond donors (Lipinski definition) is 1. The SMILES string of the molecule is CN1CCN(c2nc3cc[c]cc3cc2C(N)=O)CC1. The Balaban J connectivity index is 2.07. The number of anilines is 1. The van der Waals surface area contributed by atoms with Crippen LogP contribution in [-0.2, 0) is 0 Å². The molecule has 20 heavy (non-hydrogen) atoms. The molecule has 0 bridgehead atoms. The number of primary amides is 1. The average Bonchev–Trinajstić information content (AvgIpc) is 2.46. The molecular formula is C15H17N4O. The molecule has 3 rings (SSSR count). The summed E-state index contributed by atoms with van der Waals surface area (Å²) in [4.78, 5) is 20.7. The van der Waals surface area contributed by atoms with Crippen molar-refractivity contribution in [1.29, 1.82) is 0 Å². The Labute approximate surface area is 118 Å². The minimum absolute atomic E-state index is 0.433. The average molecular weight is 269 g/mol. The van der Waals surface area contributed by atoms with Gasteiger partial charge in [0, 0.05) is 31.6 Å². The van der Waals surface area contributed by atoms with Crippen LogP contribution in [0, 0.1) is 6.07 Å². The fourth-order valence-corrected chi connectivity index (χ4v) is 2.49. The van der Waals surface area contributed by atoms with Crippen LogP contribution in [-0.4, -0.2) is 49.0 Å². The second-order valence-electron chi connectivity index (χ2n) is 5.13. The normalized spacial score (nSPS) is 16.6. The summed E-state index contributed by atoms with van der Waals surface area (Å²) in [7, 11) is 2.09. The predicted octanol–water partition coefficient (Wildman–Crippen LogP) is 0.886. The van der Waals surface area contributed by atoms with E-state index in [1.54, 1.807) is 0 Å². The number of fused-ring (bicyclic) bond motifs is 1. The van der Waals surface area contributed by atoms with E-state index in [9.17, 15) is 4.79 Å². The Morgan fingerprint density at radius 1 is 1.35 bits per heavy atom. The van der Waals surface area contributed by atoms with Gasteiger partial charge in [-0.1, -0.05) is 6.07 Å². The van der Waals surface area contributed by atoms with Gasteiger partial charge in [-0.2, -0.15) is 0 Å². The van der Waals surface area contributed by atoms with Gasteiger partial charge < -0.3 is 15.5 Å². The zero-order valence-corrected chi connectivity index (χ0v) is 11.5. The number of hydrogen-bond acceptors (Lipinski definition) is 4. The van der Waals surface area contributed by atoms with Crippen molar-refractivity contribution in [3.8, 4) is 0 Å². The molecule has 0 spiro atoms. The molecule has 5 nitrogen and oxygen atoms in total. The first-order valence-corrected chi connectivity index (χ1v) is 6.69. The summed E-state index contributed by atoms with van der Waals surface area (Å²) in [6.45, 7) is 3.63. The highest BCUT2D eigenvalue weighted by Gasteiger charge is 2.21. The van der Waals surface area contributed by atoms with Gasteiger partial charge in [0.25, 0.3) is 5.91 Å². The van der Waals surface area contributed by atoms with E-state index in [-0.39, 0.29) is 0 Å². The number of carbonyl (C=O) groups excluding carboxylic acids is 1. The molecule has 0 unspecified atom stereocenters. The standard InChI is InChI=1S/C15H17N4O/c1-18-6-8-19(9-7-18)15-12(14(16)20)10-11-4-2-3-5-13(11)17-15/h3-5,10H,6-9H2,1H3,(H2,16,20). The van der Waals surface area contributed by atoms with Gasteiger partial charge in [-0.05, 0) is 31.3 Å². The minimum atomic E-state index is -0.433. The molecule has 2 heterocycles. The van der Waals surface area contributed by atoms with Gasteiger partial charge in [0.15, 0.2) is 0 Å². The molecule has 1 fully saturated rings. The molecule has 1 aromatic carbocycles. The third-order valence-corrected chi connectivity index (χ3v) is 3.71. The molecule has 103 valence electrons. The number of rotatable bonds is 2. The van der Waals surface area contributed by atoms with E-state index in [0.29, 0.717) is 11.4 Å². The van der Waals surface area contributed by atoms with E-state index in [0.717, 1.165) is 37.1 Å². The molecule has 5 heteroatoms. The number of pyridine rings is 1. The predicted molar refractivity (Wildman–Crippen MR) is 78.8 cm³/mol. The quantitative estimate of drug-likeness (QED) is 0.879. The van der Waals surface area contributed by atoms with Gasteiger partial charge in [-0.3, -0.25) is 4.79 Å². The van der Waals surface area contributed by atoms with Crippen LogP contribution >= 0.6 is 0 Å². The van der Waals surface area contributed by atoms with Crippen molar-refractivity contribution in [1.82, 2.24) is 9.88 Å². The lowest BCUT2D eigenvalue weighted by Crippen LogP contribution is -2.45. The second-order valence-corrected chi connectivity index (χ2v) is 5.13. The van der Waals surface area contributed by atoms with Crippen LogP contribution < -0.4 is 10.6 Å². The fourth-order valence-electron chi connectivity index (χ4n) is 2.49. The number of nitrogens with zero attached hydrogens (tertiary/aromatic N) is 3. The molecule has 1 aliphatic rings. The molecule has 1 aliphatic heterocycles. The van der Waals surface area contributed by atoms with Crippen LogP contribution in [0.1, 0.15) is 10.4 Å². The molecule has 1 amide bonds. The first-order valence-electron chi connectivity index (χ1n) is 6.69. The number of aromatic nitrogens is 1.